The Morgan fingerprint density at radius 2 is 2.17 bits per heavy atom. The molecule has 0 amide bonds. The van der Waals surface area contributed by atoms with Gasteiger partial charge in [0.1, 0.15) is 5.75 Å². The molecule has 0 fully saturated rings. The van der Waals surface area contributed by atoms with E-state index in [-0.39, 0.29) is 6.04 Å². The highest BCUT2D eigenvalue weighted by molar-refractivity contribution is 7.71. The number of fused-ring (bicyclic) bond motifs is 1. The maximum Gasteiger partial charge on any atom is 0.178 e. The van der Waals surface area contributed by atoms with E-state index in [9.17, 15) is 0 Å². The van der Waals surface area contributed by atoms with Crippen LogP contribution in [0.4, 0.5) is 0 Å². The number of hydrogen-bond donors (Lipinski definition) is 1. The molecular weight excluding hydrogens is 248 g/mol. The lowest BCUT2D eigenvalue weighted by Crippen LogP contribution is -2.13. The van der Waals surface area contributed by atoms with Crippen LogP contribution in [0, 0.1) is 4.77 Å². The van der Waals surface area contributed by atoms with Crippen LogP contribution in [0.2, 0.25) is 0 Å². The summed E-state index contributed by atoms with van der Waals surface area (Å²) in [6, 6.07) is 6.19. The van der Waals surface area contributed by atoms with Crippen LogP contribution in [0.1, 0.15) is 19.4 Å². The van der Waals surface area contributed by atoms with E-state index in [4.69, 9.17) is 21.7 Å². The van der Waals surface area contributed by atoms with Gasteiger partial charge in [-0.25, -0.2) is 0 Å². The average molecular weight is 266 g/mol. The van der Waals surface area contributed by atoms with Crippen LogP contribution in [-0.2, 0) is 4.74 Å². The van der Waals surface area contributed by atoms with Crippen molar-refractivity contribution in [2.24, 2.45) is 0 Å². The van der Waals surface area contributed by atoms with Gasteiger partial charge < -0.3 is 19.0 Å². The first-order valence-corrected chi connectivity index (χ1v) is 6.39. The van der Waals surface area contributed by atoms with E-state index in [1.54, 1.807) is 14.2 Å². The number of H-pyrrole nitrogens is 1. The SMILES string of the molecule is CCC(COC)n1c(=S)[nH]c2cc(OC)ccc21. The number of ether oxygens (including phenoxy) is 2. The standard InChI is InChI=1S/C13H18N2O2S/c1-4-9(8-16-2)15-12-6-5-10(17-3)7-11(12)14-13(15)18/h5-7,9H,4,8H2,1-3H3,(H,14,18). The van der Waals surface area contributed by atoms with Crippen molar-refractivity contribution in [1.82, 2.24) is 9.55 Å². The van der Waals surface area contributed by atoms with Crippen molar-refractivity contribution in [3.8, 4) is 5.75 Å². The molecule has 0 spiro atoms. The van der Waals surface area contributed by atoms with Crippen molar-refractivity contribution in [2.75, 3.05) is 20.8 Å². The zero-order valence-electron chi connectivity index (χ0n) is 10.9. The molecule has 0 saturated carbocycles. The number of nitrogens with one attached hydrogen (secondary N) is 1. The zero-order chi connectivity index (χ0) is 13.1. The Bertz CT molecular complexity index is 588. The van der Waals surface area contributed by atoms with Gasteiger partial charge in [-0.1, -0.05) is 6.92 Å². The molecule has 0 aliphatic heterocycles. The third-order valence-corrected chi connectivity index (χ3v) is 3.42. The van der Waals surface area contributed by atoms with E-state index in [0.29, 0.717) is 6.61 Å². The lowest BCUT2D eigenvalue weighted by molar-refractivity contribution is 0.154. The minimum atomic E-state index is 0.254. The summed E-state index contributed by atoms with van der Waals surface area (Å²) in [6.45, 7) is 2.79. The molecule has 1 atom stereocenters. The zero-order valence-corrected chi connectivity index (χ0v) is 11.7. The maximum atomic E-state index is 5.40. The molecule has 1 N–H and O–H groups in total. The summed E-state index contributed by atoms with van der Waals surface area (Å²) >= 11 is 5.40. The number of hydrogen-bond acceptors (Lipinski definition) is 3. The van der Waals surface area contributed by atoms with Gasteiger partial charge in [-0.15, -0.1) is 0 Å². The van der Waals surface area contributed by atoms with E-state index in [2.05, 4.69) is 16.5 Å². The van der Waals surface area contributed by atoms with Crippen molar-refractivity contribution in [3.63, 3.8) is 0 Å². The monoisotopic (exact) mass is 266 g/mol. The summed E-state index contributed by atoms with van der Waals surface area (Å²) in [7, 11) is 3.37. The smallest absolute Gasteiger partial charge is 0.178 e. The first-order chi connectivity index (χ1) is 8.71. The molecule has 1 unspecified atom stereocenters. The van der Waals surface area contributed by atoms with Gasteiger partial charge in [-0.3, -0.25) is 0 Å². The van der Waals surface area contributed by atoms with Crippen LogP contribution in [0.5, 0.6) is 5.75 Å². The molecule has 0 bridgehead atoms. The number of methoxy groups -OCH3 is 2. The number of aromatic amines is 1. The predicted molar refractivity (Wildman–Crippen MR) is 74.9 cm³/mol. The van der Waals surface area contributed by atoms with Crippen LogP contribution in [-0.4, -0.2) is 30.4 Å². The summed E-state index contributed by atoms with van der Waals surface area (Å²) < 4.78 is 13.3. The first kappa shape index (κ1) is 13.1. The molecule has 5 heteroatoms. The van der Waals surface area contributed by atoms with Crippen LogP contribution < -0.4 is 4.74 Å². The highest BCUT2D eigenvalue weighted by Gasteiger charge is 2.14. The number of aromatic nitrogens is 2. The highest BCUT2D eigenvalue weighted by atomic mass is 32.1. The fourth-order valence-corrected chi connectivity index (χ4v) is 2.52. The molecular formula is C13H18N2O2S. The van der Waals surface area contributed by atoms with Crippen molar-refractivity contribution in [1.29, 1.82) is 0 Å². The van der Waals surface area contributed by atoms with Gasteiger partial charge >= 0.3 is 0 Å². The second-order valence-corrected chi connectivity index (χ2v) is 4.59. The maximum absolute atomic E-state index is 5.40. The van der Waals surface area contributed by atoms with Gasteiger partial charge in [0.05, 0.1) is 30.8 Å². The van der Waals surface area contributed by atoms with Crippen molar-refractivity contribution >= 4 is 23.3 Å². The topological polar surface area (TPSA) is 39.2 Å². The first-order valence-electron chi connectivity index (χ1n) is 5.98. The molecule has 1 aromatic carbocycles. The normalized spacial score (nSPS) is 12.8. The van der Waals surface area contributed by atoms with Gasteiger partial charge in [0.25, 0.3) is 0 Å². The van der Waals surface area contributed by atoms with Gasteiger partial charge in [0.15, 0.2) is 4.77 Å². The van der Waals surface area contributed by atoms with Crippen LogP contribution in [0.3, 0.4) is 0 Å². The largest absolute Gasteiger partial charge is 0.497 e. The second-order valence-electron chi connectivity index (χ2n) is 4.20. The fourth-order valence-electron chi connectivity index (χ4n) is 2.17. The number of nitrogens with zero attached hydrogens (tertiary/aromatic N) is 1. The highest BCUT2D eigenvalue weighted by Crippen LogP contribution is 2.24. The lowest BCUT2D eigenvalue weighted by atomic mass is 10.2. The molecule has 0 aliphatic carbocycles. The Hall–Kier alpha value is -1.33. The van der Waals surface area contributed by atoms with E-state index in [1.165, 1.54) is 0 Å². The second kappa shape index (κ2) is 5.54. The Morgan fingerprint density at radius 3 is 2.78 bits per heavy atom. The van der Waals surface area contributed by atoms with E-state index in [1.807, 2.05) is 18.2 Å². The Morgan fingerprint density at radius 1 is 1.39 bits per heavy atom. The predicted octanol–water partition coefficient (Wildman–Crippen LogP) is 3.30. The lowest BCUT2D eigenvalue weighted by Gasteiger charge is -2.16. The molecule has 18 heavy (non-hydrogen) atoms. The molecule has 1 heterocycles. The molecule has 2 aromatic rings. The third kappa shape index (κ3) is 2.28. The summed E-state index contributed by atoms with van der Waals surface area (Å²) in [5.41, 5.74) is 2.08. The Balaban J connectivity index is 2.56. The molecule has 98 valence electrons. The molecule has 0 radical (unpaired) electrons. The number of imidazole rings is 1. The molecule has 2 rings (SSSR count). The number of rotatable bonds is 5. The molecule has 4 nitrogen and oxygen atoms in total. The van der Waals surface area contributed by atoms with E-state index in [0.717, 1.165) is 28.0 Å². The Labute approximate surface area is 112 Å². The number of benzene rings is 1. The summed E-state index contributed by atoms with van der Waals surface area (Å²) in [6.07, 6.45) is 0.973. The summed E-state index contributed by atoms with van der Waals surface area (Å²) in [5, 5.41) is 0. The summed E-state index contributed by atoms with van der Waals surface area (Å²) in [4.78, 5) is 3.22. The minimum absolute atomic E-state index is 0.254. The molecule has 0 saturated heterocycles. The molecule has 1 aromatic heterocycles. The van der Waals surface area contributed by atoms with Gasteiger partial charge in [0, 0.05) is 13.2 Å². The van der Waals surface area contributed by atoms with Gasteiger partial charge in [0.2, 0.25) is 0 Å². The van der Waals surface area contributed by atoms with Crippen LogP contribution in [0.15, 0.2) is 18.2 Å². The fraction of sp³-hybridized carbons (Fsp3) is 0.462. The van der Waals surface area contributed by atoms with Crippen molar-refractivity contribution < 1.29 is 9.47 Å². The third-order valence-electron chi connectivity index (χ3n) is 3.12. The van der Waals surface area contributed by atoms with Crippen molar-refractivity contribution in [2.45, 2.75) is 19.4 Å². The summed E-state index contributed by atoms with van der Waals surface area (Å²) in [5.74, 6) is 0.825. The van der Waals surface area contributed by atoms with E-state index < -0.39 is 0 Å². The minimum Gasteiger partial charge on any atom is -0.497 e. The van der Waals surface area contributed by atoms with Crippen LogP contribution >= 0.6 is 12.2 Å². The Kier molecular flexibility index (Phi) is 4.04. The van der Waals surface area contributed by atoms with E-state index >= 15 is 0 Å². The van der Waals surface area contributed by atoms with Gasteiger partial charge in [-0.2, -0.15) is 0 Å². The van der Waals surface area contributed by atoms with Gasteiger partial charge in [-0.05, 0) is 30.8 Å². The average Bonchev–Trinajstić information content (AvgIpc) is 2.71. The van der Waals surface area contributed by atoms with Crippen LogP contribution in [0.25, 0.3) is 11.0 Å². The quantitative estimate of drug-likeness (QED) is 0.844. The van der Waals surface area contributed by atoms with Crippen molar-refractivity contribution in [3.05, 3.63) is 23.0 Å². The molecule has 0 aliphatic rings.